The summed E-state index contributed by atoms with van der Waals surface area (Å²) in [6, 6.07) is 4.55. The smallest absolute Gasteiger partial charge is 0.128 e. The van der Waals surface area contributed by atoms with Gasteiger partial charge in [0.25, 0.3) is 0 Å². The molecule has 2 rings (SSSR count). The van der Waals surface area contributed by atoms with Crippen LogP contribution in [0.1, 0.15) is 45.2 Å². The van der Waals surface area contributed by atoms with Gasteiger partial charge in [0.05, 0.1) is 6.10 Å². The number of nitrogens with zero attached hydrogens (tertiary/aromatic N) is 2. The minimum absolute atomic E-state index is 0.240. The molecule has 2 heterocycles. The molecule has 1 aliphatic heterocycles. The lowest BCUT2D eigenvalue weighted by Crippen LogP contribution is -2.43. The fraction of sp³-hybridized carbons (Fsp3) is 0.688. The van der Waals surface area contributed by atoms with E-state index in [9.17, 15) is 5.11 Å². The minimum atomic E-state index is -0.240. The Morgan fingerprint density at radius 2 is 2.30 bits per heavy atom. The first kappa shape index (κ1) is 15.3. The molecule has 2 N–H and O–H groups in total. The molecular weight excluding hydrogens is 250 g/mol. The summed E-state index contributed by atoms with van der Waals surface area (Å²) in [6.07, 6.45) is 3.88. The third-order valence-electron chi connectivity index (χ3n) is 4.21. The van der Waals surface area contributed by atoms with Crippen molar-refractivity contribution in [3.63, 3.8) is 0 Å². The zero-order valence-corrected chi connectivity index (χ0v) is 12.8. The number of nitrogens with one attached hydrogen (secondary N) is 1. The number of rotatable bonds is 5. The molecule has 3 atom stereocenters. The molecule has 0 spiro atoms. The quantitative estimate of drug-likeness (QED) is 0.867. The summed E-state index contributed by atoms with van der Waals surface area (Å²) in [4.78, 5) is 6.74. The van der Waals surface area contributed by atoms with E-state index in [1.807, 2.05) is 6.20 Å². The summed E-state index contributed by atoms with van der Waals surface area (Å²) in [7, 11) is 0. The molecule has 1 fully saturated rings. The van der Waals surface area contributed by atoms with Crippen molar-refractivity contribution in [1.82, 2.24) is 10.3 Å². The zero-order valence-electron chi connectivity index (χ0n) is 12.8. The van der Waals surface area contributed by atoms with Gasteiger partial charge in [0.1, 0.15) is 5.82 Å². The monoisotopic (exact) mass is 277 g/mol. The second-order valence-electron chi connectivity index (χ2n) is 5.90. The van der Waals surface area contributed by atoms with Crippen LogP contribution in [0.3, 0.4) is 0 Å². The second kappa shape index (κ2) is 7.04. The summed E-state index contributed by atoms with van der Waals surface area (Å²) in [6.45, 7) is 9.15. The maximum Gasteiger partial charge on any atom is 0.128 e. The van der Waals surface area contributed by atoms with E-state index in [2.05, 4.69) is 48.1 Å². The number of β-amino-alcohol motifs (C(OH)–C–C–N with tert-alkyl or cyclic N) is 1. The first-order chi connectivity index (χ1) is 9.61. The van der Waals surface area contributed by atoms with Gasteiger partial charge in [0, 0.05) is 25.3 Å². The highest BCUT2D eigenvalue weighted by atomic mass is 16.3. The fourth-order valence-corrected chi connectivity index (χ4v) is 2.58. The molecule has 4 nitrogen and oxygen atoms in total. The van der Waals surface area contributed by atoms with E-state index in [0.717, 1.165) is 31.7 Å². The predicted molar refractivity (Wildman–Crippen MR) is 82.9 cm³/mol. The van der Waals surface area contributed by atoms with Crippen LogP contribution in [-0.4, -0.2) is 35.8 Å². The molecule has 0 aromatic carbocycles. The normalized spacial score (nSPS) is 24.7. The Kier molecular flexibility index (Phi) is 5.38. The van der Waals surface area contributed by atoms with Crippen molar-refractivity contribution in [1.29, 1.82) is 0 Å². The molecule has 1 aromatic rings. The second-order valence-corrected chi connectivity index (χ2v) is 5.90. The number of hydrogen-bond donors (Lipinski definition) is 2. The Labute approximate surface area is 122 Å². The topological polar surface area (TPSA) is 48.4 Å². The molecule has 0 radical (unpaired) electrons. The number of piperidine rings is 1. The lowest BCUT2D eigenvalue weighted by Gasteiger charge is -2.35. The number of hydrogen-bond acceptors (Lipinski definition) is 4. The molecule has 3 unspecified atom stereocenters. The maximum absolute atomic E-state index is 9.97. The van der Waals surface area contributed by atoms with Crippen molar-refractivity contribution in [2.75, 3.05) is 24.5 Å². The van der Waals surface area contributed by atoms with Crippen LogP contribution in [0.4, 0.5) is 5.82 Å². The van der Waals surface area contributed by atoms with E-state index >= 15 is 0 Å². The lowest BCUT2D eigenvalue weighted by atomic mass is 9.96. The molecule has 1 aromatic heterocycles. The molecule has 0 bridgehead atoms. The Bertz CT molecular complexity index is 407. The summed E-state index contributed by atoms with van der Waals surface area (Å²) < 4.78 is 0. The standard InChI is InChI=1S/C16H27N3O/c1-4-8-17-13(3)14-5-6-16(18-10-14)19-9-7-12(2)15(20)11-19/h5-6,10,12-13,15,17,20H,4,7-9,11H2,1-3H3. The summed E-state index contributed by atoms with van der Waals surface area (Å²) >= 11 is 0. The molecule has 0 amide bonds. The highest BCUT2D eigenvalue weighted by molar-refractivity contribution is 5.40. The number of pyridine rings is 1. The molecule has 4 heteroatoms. The van der Waals surface area contributed by atoms with Gasteiger partial charge in [0.15, 0.2) is 0 Å². The highest BCUT2D eigenvalue weighted by Crippen LogP contribution is 2.22. The Morgan fingerprint density at radius 3 is 2.90 bits per heavy atom. The van der Waals surface area contributed by atoms with Crippen molar-refractivity contribution in [2.24, 2.45) is 5.92 Å². The van der Waals surface area contributed by atoms with Crippen molar-refractivity contribution >= 4 is 5.82 Å². The molecule has 1 saturated heterocycles. The van der Waals surface area contributed by atoms with Gasteiger partial charge in [-0.25, -0.2) is 4.98 Å². The molecule has 20 heavy (non-hydrogen) atoms. The number of aliphatic hydroxyl groups excluding tert-OH is 1. The van der Waals surface area contributed by atoms with Gasteiger partial charge in [0.2, 0.25) is 0 Å². The van der Waals surface area contributed by atoms with Crippen molar-refractivity contribution in [3.8, 4) is 0 Å². The van der Waals surface area contributed by atoms with Crippen molar-refractivity contribution in [3.05, 3.63) is 23.9 Å². The van der Waals surface area contributed by atoms with Crippen LogP contribution in [-0.2, 0) is 0 Å². The lowest BCUT2D eigenvalue weighted by molar-refractivity contribution is 0.102. The van der Waals surface area contributed by atoms with Crippen molar-refractivity contribution in [2.45, 2.75) is 45.8 Å². The maximum atomic E-state index is 9.97. The Balaban J connectivity index is 1.97. The van der Waals surface area contributed by atoms with E-state index in [0.29, 0.717) is 18.5 Å². The largest absolute Gasteiger partial charge is 0.391 e. The molecule has 0 saturated carbocycles. The number of anilines is 1. The third-order valence-corrected chi connectivity index (χ3v) is 4.21. The van der Waals surface area contributed by atoms with E-state index in [1.54, 1.807) is 0 Å². The van der Waals surface area contributed by atoms with E-state index in [4.69, 9.17) is 0 Å². The molecule has 112 valence electrons. The van der Waals surface area contributed by atoms with Crippen LogP contribution in [0.15, 0.2) is 18.3 Å². The first-order valence-corrected chi connectivity index (χ1v) is 7.74. The van der Waals surface area contributed by atoms with Gasteiger partial charge >= 0.3 is 0 Å². The summed E-state index contributed by atoms with van der Waals surface area (Å²) in [5, 5.41) is 13.4. The average Bonchev–Trinajstić information content (AvgIpc) is 2.48. The fourth-order valence-electron chi connectivity index (χ4n) is 2.58. The minimum Gasteiger partial charge on any atom is -0.391 e. The van der Waals surface area contributed by atoms with Gasteiger partial charge in [-0.15, -0.1) is 0 Å². The van der Waals surface area contributed by atoms with Crippen LogP contribution in [0.25, 0.3) is 0 Å². The van der Waals surface area contributed by atoms with Crippen LogP contribution in [0, 0.1) is 5.92 Å². The van der Waals surface area contributed by atoms with Crippen LogP contribution < -0.4 is 10.2 Å². The highest BCUT2D eigenvalue weighted by Gasteiger charge is 2.24. The van der Waals surface area contributed by atoms with Crippen LogP contribution in [0.5, 0.6) is 0 Å². The van der Waals surface area contributed by atoms with E-state index in [-0.39, 0.29) is 6.10 Å². The van der Waals surface area contributed by atoms with Gasteiger partial charge in [-0.1, -0.05) is 19.9 Å². The van der Waals surface area contributed by atoms with E-state index < -0.39 is 0 Å². The van der Waals surface area contributed by atoms with Crippen molar-refractivity contribution < 1.29 is 5.11 Å². The van der Waals surface area contributed by atoms with Gasteiger partial charge in [-0.2, -0.15) is 0 Å². The summed E-state index contributed by atoms with van der Waals surface area (Å²) in [5.41, 5.74) is 1.22. The van der Waals surface area contributed by atoms with Crippen LogP contribution in [0.2, 0.25) is 0 Å². The summed E-state index contributed by atoms with van der Waals surface area (Å²) in [5.74, 6) is 1.37. The third kappa shape index (κ3) is 3.70. The van der Waals surface area contributed by atoms with E-state index in [1.165, 1.54) is 5.56 Å². The Morgan fingerprint density at radius 1 is 1.50 bits per heavy atom. The predicted octanol–water partition coefficient (Wildman–Crippen LogP) is 2.35. The zero-order chi connectivity index (χ0) is 14.5. The van der Waals surface area contributed by atoms with Gasteiger partial charge in [-0.3, -0.25) is 0 Å². The molecule has 0 aliphatic carbocycles. The number of aliphatic hydroxyl groups is 1. The molecular formula is C16H27N3O. The van der Waals surface area contributed by atoms with Crippen LogP contribution >= 0.6 is 0 Å². The van der Waals surface area contributed by atoms with Gasteiger partial charge < -0.3 is 15.3 Å². The molecule has 1 aliphatic rings. The number of aromatic nitrogens is 1. The van der Waals surface area contributed by atoms with Gasteiger partial charge in [-0.05, 0) is 43.9 Å². The first-order valence-electron chi connectivity index (χ1n) is 7.74. The Hall–Kier alpha value is -1.13. The average molecular weight is 277 g/mol. The SMILES string of the molecule is CCCNC(C)c1ccc(N2CCC(C)C(O)C2)nc1.